The summed E-state index contributed by atoms with van der Waals surface area (Å²) in [7, 11) is 0. The summed E-state index contributed by atoms with van der Waals surface area (Å²) in [6.45, 7) is 0. The smallest absolute Gasteiger partial charge is 0.508 e. The van der Waals surface area contributed by atoms with Gasteiger partial charge in [-0.05, 0) is 29.8 Å². The Morgan fingerprint density at radius 3 is 2.30 bits per heavy atom. The molecule has 0 radical (unpaired) electrons. The number of hydrogen-bond donors (Lipinski definition) is 2. The molecule has 2 rings (SSSR count). The van der Waals surface area contributed by atoms with Crippen LogP contribution in [0.5, 0.6) is 11.5 Å². The van der Waals surface area contributed by atoms with Crippen LogP contribution in [0.2, 0.25) is 0 Å². The lowest BCUT2D eigenvalue weighted by Crippen LogP contribution is -2.17. The summed E-state index contributed by atoms with van der Waals surface area (Å²) in [6, 6.07) is 7.03. The average molecular weight is 328 g/mol. The lowest BCUT2D eigenvalue weighted by atomic mass is 9.98. The number of aromatic hydroxyl groups is 1. The fraction of sp³-hybridized carbons (Fsp3) is 0.143. The number of phenolic OH excluding ortho intramolecular Hbond substituents is 1. The van der Waals surface area contributed by atoms with E-state index >= 15 is 0 Å². The van der Waals surface area contributed by atoms with Crippen LogP contribution in [0.15, 0.2) is 42.5 Å². The molecule has 0 saturated heterocycles. The molecule has 0 amide bonds. The number of nitrogens with zero attached hydrogens (tertiary/aromatic N) is 1. The maximum Gasteiger partial charge on any atom is 0.573 e. The number of alkyl halides is 3. The van der Waals surface area contributed by atoms with Crippen LogP contribution in [0.25, 0.3) is 0 Å². The minimum Gasteiger partial charge on any atom is -0.508 e. The monoisotopic (exact) mass is 328 g/mol. The summed E-state index contributed by atoms with van der Waals surface area (Å²) in [5.41, 5.74) is 5.99. The van der Waals surface area contributed by atoms with Crippen LogP contribution in [-0.2, 0) is 0 Å². The van der Waals surface area contributed by atoms with E-state index in [1.165, 1.54) is 12.1 Å². The minimum atomic E-state index is -4.81. The molecule has 0 fully saturated rings. The lowest BCUT2D eigenvalue weighted by molar-refractivity contribution is -0.385. The van der Waals surface area contributed by atoms with Gasteiger partial charge < -0.3 is 15.6 Å². The normalized spacial score (nSPS) is 12.7. The van der Waals surface area contributed by atoms with E-state index in [2.05, 4.69) is 4.74 Å². The highest BCUT2D eigenvalue weighted by Gasteiger charge is 2.31. The van der Waals surface area contributed by atoms with Crippen LogP contribution in [0.1, 0.15) is 17.2 Å². The maximum absolute atomic E-state index is 12.1. The molecule has 0 saturated carbocycles. The van der Waals surface area contributed by atoms with Gasteiger partial charge in [0.05, 0.1) is 16.5 Å². The van der Waals surface area contributed by atoms with Gasteiger partial charge in [-0.1, -0.05) is 12.1 Å². The van der Waals surface area contributed by atoms with E-state index in [0.717, 1.165) is 30.3 Å². The number of halogens is 3. The standard InChI is InChI=1S/C14H11F3N2O4/c15-14(16,17)23-10-4-1-8(2-5-10)13(18)11-7-9(20)3-6-12(11)19(21)22/h1-7,13,20H,18H2/t13-/m1/s1. The fourth-order valence-electron chi connectivity index (χ4n) is 2.01. The van der Waals surface area contributed by atoms with Crippen LogP contribution in [0.4, 0.5) is 18.9 Å². The molecule has 0 bridgehead atoms. The van der Waals surface area contributed by atoms with Crippen LogP contribution < -0.4 is 10.5 Å². The highest BCUT2D eigenvalue weighted by Crippen LogP contribution is 2.32. The van der Waals surface area contributed by atoms with Gasteiger partial charge in [-0.25, -0.2) is 0 Å². The molecule has 23 heavy (non-hydrogen) atoms. The van der Waals surface area contributed by atoms with E-state index in [1.807, 2.05) is 0 Å². The maximum atomic E-state index is 12.1. The van der Waals surface area contributed by atoms with E-state index in [-0.39, 0.29) is 17.0 Å². The molecule has 0 spiro atoms. The van der Waals surface area contributed by atoms with Crippen LogP contribution >= 0.6 is 0 Å². The van der Waals surface area contributed by atoms with Gasteiger partial charge in [0.1, 0.15) is 11.5 Å². The van der Waals surface area contributed by atoms with Crippen molar-refractivity contribution in [3.8, 4) is 11.5 Å². The van der Waals surface area contributed by atoms with E-state index in [0.29, 0.717) is 5.56 Å². The molecule has 0 aliphatic rings. The van der Waals surface area contributed by atoms with Crippen molar-refractivity contribution in [2.24, 2.45) is 5.73 Å². The number of hydrogen-bond acceptors (Lipinski definition) is 5. The Morgan fingerprint density at radius 2 is 1.78 bits per heavy atom. The van der Waals surface area contributed by atoms with Gasteiger partial charge >= 0.3 is 6.36 Å². The molecule has 122 valence electrons. The molecule has 1 atom stereocenters. The zero-order valence-electron chi connectivity index (χ0n) is 11.4. The number of nitro benzene ring substituents is 1. The van der Waals surface area contributed by atoms with Crippen LogP contribution in [-0.4, -0.2) is 16.4 Å². The quantitative estimate of drug-likeness (QED) is 0.663. The second-order valence-corrected chi connectivity index (χ2v) is 4.59. The number of nitro groups is 1. The van der Waals surface area contributed by atoms with Crippen LogP contribution in [0, 0.1) is 10.1 Å². The number of ether oxygens (including phenoxy) is 1. The van der Waals surface area contributed by atoms with Crippen molar-refractivity contribution in [3.05, 3.63) is 63.7 Å². The van der Waals surface area contributed by atoms with Gasteiger partial charge in [0.15, 0.2) is 0 Å². The van der Waals surface area contributed by atoms with E-state index < -0.39 is 23.1 Å². The third-order valence-corrected chi connectivity index (χ3v) is 3.02. The number of phenols is 1. The predicted molar refractivity (Wildman–Crippen MR) is 73.9 cm³/mol. The largest absolute Gasteiger partial charge is 0.573 e. The Hall–Kier alpha value is -2.81. The van der Waals surface area contributed by atoms with Gasteiger partial charge in [0.25, 0.3) is 5.69 Å². The Labute approximate surface area is 128 Å². The lowest BCUT2D eigenvalue weighted by Gasteiger charge is -2.14. The fourth-order valence-corrected chi connectivity index (χ4v) is 2.01. The Morgan fingerprint density at radius 1 is 1.17 bits per heavy atom. The molecule has 0 heterocycles. The van der Waals surface area contributed by atoms with Gasteiger partial charge in [-0.2, -0.15) is 0 Å². The minimum absolute atomic E-state index is 0.0412. The Kier molecular flexibility index (Phi) is 4.41. The van der Waals surface area contributed by atoms with Crippen molar-refractivity contribution in [1.82, 2.24) is 0 Å². The van der Waals surface area contributed by atoms with Crippen molar-refractivity contribution in [3.63, 3.8) is 0 Å². The first kappa shape index (κ1) is 16.6. The van der Waals surface area contributed by atoms with Gasteiger partial charge in [0.2, 0.25) is 0 Å². The Bertz CT molecular complexity index is 717. The molecule has 2 aromatic rings. The predicted octanol–water partition coefficient (Wildman–Crippen LogP) is 3.25. The molecule has 0 aromatic heterocycles. The number of nitrogens with two attached hydrogens (primary N) is 1. The van der Waals surface area contributed by atoms with E-state index in [1.54, 1.807) is 0 Å². The third kappa shape index (κ3) is 4.10. The highest BCUT2D eigenvalue weighted by atomic mass is 19.4. The third-order valence-electron chi connectivity index (χ3n) is 3.02. The van der Waals surface area contributed by atoms with E-state index in [9.17, 15) is 28.4 Å². The first-order valence-electron chi connectivity index (χ1n) is 6.26. The molecule has 6 nitrogen and oxygen atoms in total. The summed E-state index contributed by atoms with van der Waals surface area (Å²) in [5, 5.41) is 20.5. The molecule has 0 aliphatic carbocycles. The van der Waals surface area contributed by atoms with Crippen molar-refractivity contribution in [1.29, 1.82) is 0 Å². The number of rotatable bonds is 4. The highest BCUT2D eigenvalue weighted by molar-refractivity contribution is 5.50. The van der Waals surface area contributed by atoms with Crippen molar-refractivity contribution >= 4 is 5.69 Å². The summed E-state index contributed by atoms with van der Waals surface area (Å²) < 4.78 is 40.0. The number of benzene rings is 2. The molecule has 0 unspecified atom stereocenters. The first-order valence-corrected chi connectivity index (χ1v) is 6.26. The van der Waals surface area contributed by atoms with Gasteiger partial charge in [-0.15, -0.1) is 13.2 Å². The molecule has 3 N–H and O–H groups in total. The second-order valence-electron chi connectivity index (χ2n) is 4.59. The summed E-state index contributed by atoms with van der Waals surface area (Å²) in [5.74, 6) is -0.642. The molecular formula is C14H11F3N2O4. The summed E-state index contributed by atoms with van der Waals surface area (Å²) in [6.07, 6.45) is -4.81. The van der Waals surface area contributed by atoms with Gasteiger partial charge in [0, 0.05) is 6.07 Å². The molecular weight excluding hydrogens is 317 g/mol. The molecule has 0 aliphatic heterocycles. The van der Waals surface area contributed by atoms with Crippen molar-refractivity contribution < 1.29 is 27.9 Å². The topological polar surface area (TPSA) is 98.6 Å². The van der Waals surface area contributed by atoms with Crippen molar-refractivity contribution in [2.45, 2.75) is 12.4 Å². The Balaban J connectivity index is 2.32. The summed E-state index contributed by atoms with van der Waals surface area (Å²) in [4.78, 5) is 10.3. The van der Waals surface area contributed by atoms with Crippen molar-refractivity contribution in [2.75, 3.05) is 0 Å². The zero-order chi connectivity index (χ0) is 17.2. The summed E-state index contributed by atoms with van der Waals surface area (Å²) >= 11 is 0. The molecule has 2 aromatic carbocycles. The zero-order valence-corrected chi connectivity index (χ0v) is 11.4. The van der Waals surface area contributed by atoms with E-state index in [4.69, 9.17) is 5.73 Å². The molecule has 9 heteroatoms. The van der Waals surface area contributed by atoms with Gasteiger partial charge in [-0.3, -0.25) is 10.1 Å². The average Bonchev–Trinajstić information content (AvgIpc) is 2.45. The SMILES string of the molecule is N[C@H](c1ccc(OC(F)(F)F)cc1)c1cc(O)ccc1[N+](=O)[O-]. The first-order chi connectivity index (χ1) is 10.7. The second kappa shape index (κ2) is 6.13. The van der Waals surface area contributed by atoms with Crippen LogP contribution in [0.3, 0.4) is 0 Å².